The van der Waals surface area contributed by atoms with Gasteiger partial charge in [0.25, 0.3) is 0 Å². The fourth-order valence-corrected chi connectivity index (χ4v) is 4.22. The monoisotopic (exact) mass is 395 g/mol. The number of piperidine rings is 1. The zero-order valence-electron chi connectivity index (χ0n) is 17.6. The number of benzene rings is 2. The largest absolute Gasteiger partial charge is 0.466 e. The van der Waals surface area contributed by atoms with Gasteiger partial charge in [-0.1, -0.05) is 67.6 Å². The molecule has 0 saturated carbocycles. The second-order valence-electron chi connectivity index (χ2n) is 7.94. The van der Waals surface area contributed by atoms with E-state index in [1.807, 2.05) is 31.2 Å². The van der Waals surface area contributed by atoms with Crippen LogP contribution in [0.5, 0.6) is 0 Å². The lowest BCUT2D eigenvalue weighted by molar-refractivity contribution is -0.146. The molecule has 2 aromatic carbocycles. The summed E-state index contributed by atoms with van der Waals surface area (Å²) < 4.78 is 11.4. The summed E-state index contributed by atoms with van der Waals surface area (Å²) >= 11 is 0. The SMILES string of the molecule is CCOC(=O)C[C@@H]1CCC(C)C(COCc2ccccc2)N1Cc1ccccc1. The first-order valence-electron chi connectivity index (χ1n) is 10.7. The molecule has 2 unspecified atom stereocenters. The van der Waals surface area contributed by atoms with E-state index in [1.165, 1.54) is 11.1 Å². The molecule has 1 saturated heterocycles. The molecule has 29 heavy (non-hydrogen) atoms. The van der Waals surface area contributed by atoms with E-state index < -0.39 is 0 Å². The first kappa shape index (κ1) is 21.5. The standard InChI is InChI=1S/C25H33NO3/c1-3-29-25(27)16-23-15-14-20(2)24(19-28-18-22-12-8-5-9-13-22)26(23)17-21-10-6-4-7-11-21/h4-13,20,23-24H,3,14-19H2,1-2H3/t20?,23-,24?/m0/s1. The zero-order chi connectivity index (χ0) is 20.5. The summed E-state index contributed by atoms with van der Waals surface area (Å²) in [5.74, 6) is 0.419. The molecular formula is C25H33NO3. The maximum Gasteiger partial charge on any atom is 0.307 e. The third kappa shape index (κ3) is 6.41. The highest BCUT2D eigenvalue weighted by molar-refractivity contribution is 5.70. The average Bonchev–Trinajstić information content (AvgIpc) is 2.74. The number of carbonyl (C=O) groups is 1. The van der Waals surface area contributed by atoms with Gasteiger partial charge in [-0.3, -0.25) is 9.69 Å². The minimum Gasteiger partial charge on any atom is -0.466 e. The lowest BCUT2D eigenvalue weighted by Crippen LogP contribution is -2.52. The molecule has 1 heterocycles. The highest BCUT2D eigenvalue weighted by Crippen LogP contribution is 2.31. The van der Waals surface area contributed by atoms with Crippen LogP contribution < -0.4 is 0 Å². The maximum atomic E-state index is 12.2. The van der Waals surface area contributed by atoms with Crippen molar-refractivity contribution in [3.8, 4) is 0 Å². The molecule has 0 aromatic heterocycles. The molecule has 0 N–H and O–H groups in total. The molecule has 156 valence electrons. The number of rotatable bonds is 9. The highest BCUT2D eigenvalue weighted by atomic mass is 16.5. The van der Waals surface area contributed by atoms with E-state index in [1.54, 1.807) is 0 Å². The Bertz CT molecular complexity index is 734. The molecule has 3 rings (SSSR count). The Labute approximate surface area is 174 Å². The van der Waals surface area contributed by atoms with Crippen molar-refractivity contribution >= 4 is 5.97 Å². The summed E-state index contributed by atoms with van der Waals surface area (Å²) in [5.41, 5.74) is 2.46. The predicted octanol–water partition coefficient (Wildman–Crippen LogP) is 4.83. The fourth-order valence-electron chi connectivity index (χ4n) is 4.22. The van der Waals surface area contributed by atoms with E-state index in [4.69, 9.17) is 9.47 Å². The van der Waals surface area contributed by atoms with Gasteiger partial charge in [-0.25, -0.2) is 0 Å². The van der Waals surface area contributed by atoms with Gasteiger partial charge in [0.05, 0.1) is 26.2 Å². The first-order valence-corrected chi connectivity index (χ1v) is 10.7. The maximum absolute atomic E-state index is 12.2. The van der Waals surface area contributed by atoms with Crippen molar-refractivity contribution < 1.29 is 14.3 Å². The summed E-state index contributed by atoms with van der Waals surface area (Å²) in [4.78, 5) is 14.7. The average molecular weight is 396 g/mol. The molecule has 4 heteroatoms. The molecule has 3 atom stereocenters. The van der Waals surface area contributed by atoms with E-state index in [2.05, 4.69) is 48.2 Å². The van der Waals surface area contributed by atoms with Crippen molar-refractivity contribution in [3.63, 3.8) is 0 Å². The molecular weight excluding hydrogens is 362 g/mol. The van der Waals surface area contributed by atoms with Crippen LogP contribution in [0, 0.1) is 5.92 Å². The van der Waals surface area contributed by atoms with E-state index in [-0.39, 0.29) is 18.1 Å². The van der Waals surface area contributed by atoms with Crippen molar-refractivity contribution in [1.82, 2.24) is 4.90 Å². The second kappa shape index (κ2) is 11.1. The number of nitrogens with zero attached hydrogens (tertiary/aromatic N) is 1. The van der Waals surface area contributed by atoms with Gasteiger partial charge >= 0.3 is 5.97 Å². The molecule has 0 bridgehead atoms. The summed E-state index contributed by atoms with van der Waals surface area (Å²) in [6, 6.07) is 21.3. The Morgan fingerprint density at radius 1 is 1.00 bits per heavy atom. The quantitative estimate of drug-likeness (QED) is 0.570. The molecule has 0 radical (unpaired) electrons. The number of hydrogen-bond donors (Lipinski definition) is 0. The molecule has 0 spiro atoms. The third-order valence-corrected chi connectivity index (χ3v) is 5.82. The molecule has 1 aliphatic rings. The summed E-state index contributed by atoms with van der Waals surface area (Å²) in [5, 5.41) is 0. The van der Waals surface area contributed by atoms with Crippen LogP contribution >= 0.6 is 0 Å². The molecule has 1 aliphatic heterocycles. The van der Waals surface area contributed by atoms with Crippen LogP contribution in [0.1, 0.15) is 44.2 Å². The highest BCUT2D eigenvalue weighted by Gasteiger charge is 2.36. The van der Waals surface area contributed by atoms with Crippen LogP contribution in [-0.2, 0) is 27.4 Å². The van der Waals surface area contributed by atoms with Crippen LogP contribution in [0.4, 0.5) is 0 Å². The minimum absolute atomic E-state index is 0.103. The van der Waals surface area contributed by atoms with Gasteiger partial charge in [-0.2, -0.15) is 0 Å². The Morgan fingerprint density at radius 3 is 2.31 bits per heavy atom. The van der Waals surface area contributed by atoms with Gasteiger partial charge < -0.3 is 9.47 Å². The van der Waals surface area contributed by atoms with E-state index >= 15 is 0 Å². The smallest absolute Gasteiger partial charge is 0.307 e. The third-order valence-electron chi connectivity index (χ3n) is 5.82. The Hall–Kier alpha value is -2.17. The first-order chi connectivity index (χ1) is 14.2. The van der Waals surface area contributed by atoms with Gasteiger partial charge in [-0.15, -0.1) is 0 Å². The van der Waals surface area contributed by atoms with Crippen molar-refractivity contribution in [2.24, 2.45) is 5.92 Å². The number of hydrogen-bond acceptors (Lipinski definition) is 4. The minimum atomic E-state index is -0.103. The van der Waals surface area contributed by atoms with E-state index in [0.717, 1.165) is 19.4 Å². The van der Waals surface area contributed by atoms with Crippen molar-refractivity contribution in [2.75, 3.05) is 13.2 Å². The second-order valence-corrected chi connectivity index (χ2v) is 7.94. The number of ether oxygens (including phenoxy) is 2. The molecule has 4 nitrogen and oxygen atoms in total. The molecule has 0 aliphatic carbocycles. The van der Waals surface area contributed by atoms with Crippen LogP contribution in [0.25, 0.3) is 0 Å². The lowest BCUT2D eigenvalue weighted by Gasteiger charge is -2.45. The lowest BCUT2D eigenvalue weighted by atomic mass is 9.85. The number of carbonyl (C=O) groups excluding carboxylic acids is 1. The van der Waals surface area contributed by atoms with Gasteiger partial charge in [0.2, 0.25) is 0 Å². The van der Waals surface area contributed by atoms with E-state index in [0.29, 0.717) is 32.2 Å². The van der Waals surface area contributed by atoms with Crippen LogP contribution in [0.15, 0.2) is 60.7 Å². The summed E-state index contributed by atoms with van der Waals surface area (Å²) in [7, 11) is 0. The summed E-state index contributed by atoms with van der Waals surface area (Å²) in [6.07, 6.45) is 2.57. The predicted molar refractivity (Wildman–Crippen MR) is 115 cm³/mol. The van der Waals surface area contributed by atoms with E-state index in [9.17, 15) is 4.79 Å². The van der Waals surface area contributed by atoms with Crippen molar-refractivity contribution in [3.05, 3.63) is 71.8 Å². The number of esters is 1. The van der Waals surface area contributed by atoms with Gasteiger partial charge in [0.15, 0.2) is 0 Å². The topological polar surface area (TPSA) is 38.8 Å². The van der Waals surface area contributed by atoms with Crippen LogP contribution in [0.3, 0.4) is 0 Å². The Morgan fingerprint density at radius 2 is 1.66 bits per heavy atom. The zero-order valence-corrected chi connectivity index (χ0v) is 17.6. The van der Waals surface area contributed by atoms with Gasteiger partial charge in [0, 0.05) is 18.6 Å². The van der Waals surface area contributed by atoms with Crippen LogP contribution in [-0.4, -0.2) is 36.2 Å². The number of likely N-dealkylation sites (tertiary alicyclic amines) is 1. The van der Waals surface area contributed by atoms with Crippen LogP contribution in [0.2, 0.25) is 0 Å². The van der Waals surface area contributed by atoms with Gasteiger partial charge in [0.1, 0.15) is 0 Å². The molecule has 2 aromatic rings. The Kier molecular flexibility index (Phi) is 8.26. The molecule has 0 amide bonds. The molecule has 1 fully saturated rings. The fraction of sp³-hybridized carbons (Fsp3) is 0.480. The summed E-state index contributed by atoms with van der Waals surface area (Å²) in [6.45, 7) is 6.71. The van der Waals surface area contributed by atoms with Crippen molar-refractivity contribution in [1.29, 1.82) is 0 Å². The van der Waals surface area contributed by atoms with Crippen molar-refractivity contribution in [2.45, 2.75) is 58.3 Å². The normalized spacial score (nSPS) is 22.3. The van der Waals surface area contributed by atoms with Gasteiger partial charge in [-0.05, 0) is 36.8 Å². The Balaban J connectivity index is 1.70.